The third kappa shape index (κ3) is 3.40. The monoisotopic (exact) mass is 518 g/mol. The van der Waals surface area contributed by atoms with E-state index < -0.39 is 11.6 Å². The number of likely N-dealkylation sites (N-methyl/N-ethyl adjacent to an activating group) is 1. The second kappa shape index (κ2) is 8.52. The van der Waals surface area contributed by atoms with Crippen LogP contribution in [0.3, 0.4) is 0 Å². The van der Waals surface area contributed by atoms with Crippen LogP contribution in [-0.4, -0.2) is 76.9 Å². The van der Waals surface area contributed by atoms with Crippen molar-refractivity contribution in [1.82, 2.24) is 19.4 Å². The molecule has 1 aromatic carbocycles. The van der Waals surface area contributed by atoms with Crippen LogP contribution in [0.1, 0.15) is 35.6 Å². The number of rotatable bonds is 3. The summed E-state index contributed by atoms with van der Waals surface area (Å²) in [5.41, 5.74) is 2.73. The minimum atomic E-state index is -1.85. The number of fused-ring (bicyclic) bond motifs is 6. The number of cyclic esters (lactones) is 1. The summed E-state index contributed by atoms with van der Waals surface area (Å²) in [5, 5.41) is 12.2. The molecule has 10 heteroatoms. The molecule has 0 saturated carbocycles. The fraction of sp³-hybridized carbons (Fsp3) is 0.464. The number of esters is 1. The number of pyridine rings is 2. The minimum Gasteiger partial charge on any atom is -0.486 e. The molecule has 1 saturated heterocycles. The summed E-state index contributed by atoms with van der Waals surface area (Å²) in [6, 6.07) is 5.70. The Bertz CT molecular complexity index is 1560. The molecule has 0 amide bonds. The second-order valence-electron chi connectivity index (χ2n) is 10.6. The quantitative estimate of drug-likeness (QED) is 0.405. The molecule has 4 aliphatic heterocycles. The first kappa shape index (κ1) is 23.6. The minimum absolute atomic E-state index is 0.109. The molecule has 0 radical (unpaired) electrons. The van der Waals surface area contributed by atoms with Gasteiger partial charge >= 0.3 is 5.97 Å². The Hall–Kier alpha value is -3.47. The van der Waals surface area contributed by atoms with Crippen molar-refractivity contribution in [3.05, 3.63) is 50.8 Å². The molecule has 1 N–H and O–H groups in total. The largest absolute Gasteiger partial charge is 0.486 e. The molecule has 1 fully saturated rings. The number of ether oxygens (including phenoxy) is 3. The van der Waals surface area contributed by atoms with Crippen LogP contribution in [0.15, 0.2) is 23.0 Å². The molecule has 4 aliphatic rings. The van der Waals surface area contributed by atoms with E-state index in [4.69, 9.17) is 19.2 Å². The fourth-order valence-corrected chi connectivity index (χ4v) is 6.11. The van der Waals surface area contributed by atoms with Gasteiger partial charge in [0, 0.05) is 55.3 Å². The van der Waals surface area contributed by atoms with E-state index in [9.17, 15) is 14.7 Å². The maximum Gasteiger partial charge on any atom is 0.343 e. The maximum atomic E-state index is 13.7. The Morgan fingerprint density at radius 3 is 2.47 bits per heavy atom. The maximum absolute atomic E-state index is 13.7. The molecule has 198 valence electrons. The average Bonchev–Trinajstić information content (AvgIpc) is 3.30. The normalized spacial score (nSPS) is 22.7. The summed E-state index contributed by atoms with van der Waals surface area (Å²) in [7, 11) is 2.14. The molecule has 0 spiro atoms. The van der Waals surface area contributed by atoms with Gasteiger partial charge in [-0.3, -0.25) is 9.69 Å². The van der Waals surface area contributed by atoms with Gasteiger partial charge in [-0.05, 0) is 31.2 Å². The number of hydrogen-bond acceptors (Lipinski definition) is 9. The highest BCUT2D eigenvalue weighted by Gasteiger charge is 2.45. The number of carbonyl (C=O) groups is 1. The highest BCUT2D eigenvalue weighted by molar-refractivity contribution is 5.91. The zero-order valence-electron chi connectivity index (χ0n) is 21.6. The lowest BCUT2D eigenvalue weighted by Gasteiger charge is -2.33. The molecule has 38 heavy (non-hydrogen) atoms. The molecule has 2 aromatic heterocycles. The lowest BCUT2D eigenvalue weighted by atomic mass is 9.86. The Morgan fingerprint density at radius 1 is 1.00 bits per heavy atom. The van der Waals surface area contributed by atoms with Crippen molar-refractivity contribution >= 4 is 16.9 Å². The molecule has 1 unspecified atom stereocenters. The number of benzene rings is 1. The number of piperazine rings is 1. The van der Waals surface area contributed by atoms with E-state index in [0.717, 1.165) is 54.8 Å². The van der Waals surface area contributed by atoms with Gasteiger partial charge < -0.3 is 28.8 Å². The van der Waals surface area contributed by atoms with Gasteiger partial charge in [0.1, 0.15) is 19.8 Å². The van der Waals surface area contributed by atoms with E-state index in [2.05, 4.69) is 16.8 Å². The smallest absolute Gasteiger partial charge is 0.343 e. The molecule has 0 bridgehead atoms. The first-order valence-electron chi connectivity index (χ1n) is 13.2. The molecule has 10 nitrogen and oxygen atoms in total. The van der Waals surface area contributed by atoms with Gasteiger partial charge in [0.15, 0.2) is 17.1 Å². The molecule has 7 rings (SSSR count). The number of nitrogens with zero attached hydrogens (tertiary/aromatic N) is 4. The van der Waals surface area contributed by atoms with Crippen molar-refractivity contribution in [3.63, 3.8) is 0 Å². The lowest BCUT2D eigenvalue weighted by molar-refractivity contribution is -0.172. The van der Waals surface area contributed by atoms with Crippen LogP contribution >= 0.6 is 0 Å². The Morgan fingerprint density at radius 2 is 1.74 bits per heavy atom. The van der Waals surface area contributed by atoms with Gasteiger partial charge in [0.05, 0.1) is 29.0 Å². The zero-order valence-corrected chi connectivity index (χ0v) is 21.6. The van der Waals surface area contributed by atoms with Gasteiger partial charge in [0.25, 0.3) is 5.56 Å². The summed E-state index contributed by atoms with van der Waals surface area (Å²) in [5.74, 6) is 0.642. The average molecular weight is 519 g/mol. The highest BCUT2D eigenvalue weighted by atomic mass is 16.6. The van der Waals surface area contributed by atoms with Crippen LogP contribution in [0.25, 0.3) is 22.3 Å². The van der Waals surface area contributed by atoms with E-state index in [1.165, 1.54) is 0 Å². The van der Waals surface area contributed by atoms with E-state index in [1.807, 2.05) is 12.1 Å². The summed E-state index contributed by atoms with van der Waals surface area (Å²) < 4.78 is 18.7. The third-order valence-electron chi connectivity index (χ3n) is 8.45. The second-order valence-corrected chi connectivity index (χ2v) is 10.6. The van der Waals surface area contributed by atoms with Gasteiger partial charge in [-0.15, -0.1) is 0 Å². The standard InChI is InChI=1S/C28H30N4O6/c1-3-28(35)20-11-22-25-18(14-32(22)26(33)19(20)15-38-27(28)34)17(13-31-6-4-30(2)5-7-31)16-10-23-24(12-21(16)29-25)37-9-8-36-23/h10-12,35H,3-9,13-15H2,1-2H3. The van der Waals surface area contributed by atoms with Crippen LogP contribution in [0.4, 0.5) is 0 Å². The SMILES string of the molecule is CCC1(O)C(=O)OCc2c1cc1n(c2=O)Cc2c-1nc1cc3c(cc1c2CN1CCN(C)CC1)OCCO3. The number of hydrogen-bond donors (Lipinski definition) is 1. The predicted octanol–water partition coefficient (Wildman–Crippen LogP) is 1.60. The molecular weight excluding hydrogens is 488 g/mol. The van der Waals surface area contributed by atoms with Crippen LogP contribution in [0.2, 0.25) is 0 Å². The Kier molecular flexibility index (Phi) is 5.30. The number of carbonyl (C=O) groups excluding carboxylic acids is 1. The van der Waals surface area contributed by atoms with Crippen molar-refractivity contribution < 1.29 is 24.1 Å². The molecule has 1 atom stereocenters. The van der Waals surface area contributed by atoms with E-state index in [0.29, 0.717) is 53.8 Å². The summed E-state index contributed by atoms with van der Waals surface area (Å²) in [4.78, 5) is 36.0. The number of aromatic nitrogens is 2. The van der Waals surface area contributed by atoms with E-state index in [-0.39, 0.29) is 18.6 Å². The topological polar surface area (TPSA) is 106 Å². The summed E-state index contributed by atoms with van der Waals surface area (Å²) in [6.45, 7) is 7.52. The van der Waals surface area contributed by atoms with Gasteiger partial charge in [-0.1, -0.05) is 6.92 Å². The summed E-state index contributed by atoms with van der Waals surface area (Å²) in [6.07, 6.45) is 0.109. The van der Waals surface area contributed by atoms with Crippen molar-refractivity contribution in [2.24, 2.45) is 0 Å². The number of aliphatic hydroxyl groups is 1. The molecule has 6 heterocycles. The van der Waals surface area contributed by atoms with Crippen molar-refractivity contribution in [1.29, 1.82) is 0 Å². The van der Waals surface area contributed by atoms with Gasteiger partial charge in [-0.2, -0.15) is 0 Å². The fourth-order valence-electron chi connectivity index (χ4n) is 6.11. The first-order chi connectivity index (χ1) is 18.4. The van der Waals surface area contributed by atoms with Crippen molar-refractivity contribution in [3.8, 4) is 22.9 Å². The van der Waals surface area contributed by atoms with Crippen LogP contribution < -0.4 is 15.0 Å². The predicted molar refractivity (Wildman–Crippen MR) is 138 cm³/mol. The molecule has 0 aliphatic carbocycles. The van der Waals surface area contributed by atoms with Crippen molar-refractivity contribution in [2.75, 3.05) is 46.4 Å². The Balaban J connectivity index is 1.44. The van der Waals surface area contributed by atoms with Crippen LogP contribution in [-0.2, 0) is 34.8 Å². The van der Waals surface area contributed by atoms with E-state index in [1.54, 1.807) is 17.6 Å². The van der Waals surface area contributed by atoms with Crippen molar-refractivity contribution in [2.45, 2.75) is 38.6 Å². The van der Waals surface area contributed by atoms with Crippen LogP contribution in [0, 0.1) is 0 Å². The zero-order chi connectivity index (χ0) is 26.2. The third-order valence-corrected chi connectivity index (χ3v) is 8.45. The lowest BCUT2D eigenvalue weighted by Crippen LogP contribution is -2.44. The summed E-state index contributed by atoms with van der Waals surface area (Å²) >= 11 is 0. The first-order valence-corrected chi connectivity index (χ1v) is 13.2. The van der Waals surface area contributed by atoms with Crippen LogP contribution in [0.5, 0.6) is 11.5 Å². The Labute approximate surface area is 219 Å². The van der Waals surface area contributed by atoms with Gasteiger partial charge in [0.2, 0.25) is 0 Å². The van der Waals surface area contributed by atoms with E-state index >= 15 is 0 Å². The molecular formula is C28H30N4O6. The molecule has 3 aromatic rings. The van der Waals surface area contributed by atoms with Gasteiger partial charge in [-0.25, -0.2) is 9.78 Å². The highest BCUT2D eigenvalue weighted by Crippen LogP contribution is 2.43.